The molecule has 3 heteroatoms. The number of carbonyl (C=O) groups is 1. The predicted molar refractivity (Wildman–Crippen MR) is 117 cm³/mol. The van der Waals surface area contributed by atoms with E-state index in [9.17, 15) is 4.79 Å². The van der Waals surface area contributed by atoms with Crippen LogP contribution in [0.2, 0.25) is 0 Å². The molecule has 1 aliphatic rings. The number of aryl methyl sites for hydroxylation is 1. The van der Waals surface area contributed by atoms with E-state index in [1.807, 2.05) is 6.07 Å². The largest absolute Gasteiger partial charge is 0.489 e. The number of hydrogen-bond acceptors (Lipinski definition) is 2. The van der Waals surface area contributed by atoms with Crippen LogP contribution in [0.5, 0.6) is 5.75 Å². The molecule has 1 amide bonds. The first kappa shape index (κ1) is 19.3. The van der Waals surface area contributed by atoms with Gasteiger partial charge in [-0.3, -0.25) is 4.79 Å². The van der Waals surface area contributed by atoms with E-state index in [4.69, 9.17) is 4.74 Å². The van der Waals surface area contributed by atoms with E-state index in [1.54, 1.807) is 7.05 Å². The Bertz CT molecular complexity index is 964. The number of ether oxygens (including phenoxy) is 1. The fourth-order valence-electron chi connectivity index (χ4n) is 4.03. The Hall–Kier alpha value is -3.07. The highest BCUT2D eigenvalue weighted by Crippen LogP contribution is 2.30. The molecule has 0 fully saturated rings. The van der Waals surface area contributed by atoms with Crippen molar-refractivity contribution >= 4 is 5.91 Å². The van der Waals surface area contributed by atoms with Gasteiger partial charge >= 0.3 is 0 Å². The van der Waals surface area contributed by atoms with Crippen molar-refractivity contribution in [1.29, 1.82) is 0 Å². The molecular formula is C26H27NO2. The molecule has 0 spiro atoms. The van der Waals surface area contributed by atoms with Crippen LogP contribution in [-0.4, -0.2) is 13.0 Å². The second-order valence-corrected chi connectivity index (χ2v) is 7.77. The number of fused-ring (bicyclic) bond motifs is 1. The molecule has 3 aromatic rings. The van der Waals surface area contributed by atoms with Crippen LogP contribution < -0.4 is 10.1 Å². The minimum Gasteiger partial charge on any atom is -0.489 e. The average molecular weight is 386 g/mol. The zero-order chi connectivity index (χ0) is 20.1. The SMILES string of the molecule is CNC(=O)CC1CCc2cc(OCc3ccc(-c4ccccc4)cc3)ccc2C1. The van der Waals surface area contributed by atoms with E-state index in [0.717, 1.165) is 30.6 Å². The van der Waals surface area contributed by atoms with Gasteiger partial charge in [-0.2, -0.15) is 0 Å². The Labute approximate surface area is 172 Å². The smallest absolute Gasteiger partial charge is 0.220 e. The van der Waals surface area contributed by atoms with Crippen LogP contribution in [0.25, 0.3) is 11.1 Å². The van der Waals surface area contributed by atoms with E-state index >= 15 is 0 Å². The minimum absolute atomic E-state index is 0.136. The van der Waals surface area contributed by atoms with Gasteiger partial charge in [0.05, 0.1) is 0 Å². The topological polar surface area (TPSA) is 38.3 Å². The van der Waals surface area contributed by atoms with Gasteiger partial charge < -0.3 is 10.1 Å². The molecule has 1 N–H and O–H groups in total. The van der Waals surface area contributed by atoms with Crippen molar-refractivity contribution in [2.75, 3.05) is 7.05 Å². The van der Waals surface area contributed by atoms with Crippen LogP contribution in [0.4, 0.5) is 0 Å². The molecule has 1 unspecified atom stereocenters. The summed E-state index contributed by atoms with van der Waals surface area (Å²) in [6.45, 7) is 0.563. The average Bonchev–Trinajstić information content (AvgIpc) is 2.78. The molecule has 1 aliphatic carbocycles. The van der Waals surface area contributed by atoms with Crippen LogP contribution in [0.15, 0.2) is 72.8 Å². The van der Waals surface area contributed by atoms with Crippen molar-refractivity contribution in [2.24, 2.45) is 5.92 Å². The molecule has 148 valence electrons. The van der Waals surface area contributed by atoms with Crippen molar-refractivity contribution < 1.29 is 9.53 Å². The quantitative estimate of drug-likeness (QED) is 0.635. The summed E-state index contributed by atoms with van der Waals surface area (Å²) in [7, 11) is 1.71. The lowest BCUT2D eigenvalue weighted by Gasteiger charge is -2.24. The summed E-state index contributed by atoms with van der Waals surface area (Å²) in [5, 5.41) is 2.73. The van der Waals surface area contributed by atoms with Crippen molar-refractivity contribution in [3.05, 3.63) is 89.5 Å². The van der Waals surface area contributed by atoms with Crippen molar-refractivity contribution in [3.8, 4) is 16.9 Å². The monoisotopic (exact) mass is 385 g/mol. The first-order valence-corrected chi connectivity index (χ1v) is 10.3. The lowest BCUT2D eigenvalue weighted by atomic mass is 9.82. The maximum Gasteiger partial charge on any atom is 0.220 e. The van der Waals surface area contributed by atoms with Gasteiger partial charge in [0.15, 0.2) is 0 Å². The third-order valence-electron chi connectivity index (χ3n) is 5.73. The molecule has 0 aromatic heterocycles. The predicted octanol–water partition coefficient (Wildman–Crippen LogP) is 5.17. The molecule has 0 saturated carbocycles. The van der Waals surface area contributed by atoms with E-state index in [-0.39, 0.29) is 5.91 Å². The van der Waals surface area contributed by atoms with E-state index < -0.39 is 0 Å². The molecule has 3 aromatic carbocycles. The summed E-state index contributed by atoms with van der Waals surface area (Å²) in [6, 6.07) is 25.3. The highest BCUT2D eigenvalue weighted by Gasteiger charge is 2.21. The number of benzene rings is 3. The number of rotatable bonds is 6. The van der Waals surface area contributed by atoms with Crippen LogP contribution >= 0.6 is 0 Å². The van der Waals surface area contributed by atoms with Gasteiger partial charge in [0.1, 0.15) is 12.4 Å². The highest BCUT2D eigenvalue weighted by molar-refractivity contribution is 5.75. The van der Waals surface area contributed by atoms with Crippen molar-refractivity contribution in [2.45, 2.75) is 32.3 Å². The van der Waals surface area contributed by atoms with Gasteiger partial charge in [-0.05, 0) is 65.1 Å². The van der Waals surface area contributed by atoms with Crippen LogP contribution in [0.3, 0.4) is 0 Å². The summed E-state index contributed by atoms with van der Waals surface area (Å²) in [4.78, 5) is 11.6. The zero-order valence-electron chi connectivity index (χ0n) is 16.9. The van der Waals surface area contributed by atoms with E-state index in [1.165, 1.54) is 22.3 Å². The molecule has 1 atom stereocenters. The van der Waals surface area contributed by atoms with Crippen molar-refractivity contribution in [1.82, 2.24) is 5.32 Å². The second kappa shape index (κ2) is 8.95. The molecule has 0 bridgehead atoms. The highest BCUT2D eigenvalue weighted by atomic mass is 16.5. The standard InChI is InChI=1S/C26H27NO2/c1-27-26(28)16-20-9-12-24-17-25(14-13-23(24)15-20)29-18-19-7-10-22(11-8-19)21-5-3-2-4-6-21/h2-8,10-11,13-14,17,20H,9,12,15-16,18H2,1H3,(H,27,28). The Morgan fingerprint density at radius 1 is 0.966 bits per heavy atom. The number of amides is 1. The van der Waals surface area contributed by atoms with Gasteiger partial charge in [0.25, 0.3) is 0 Å². The molecule has 0 radical (unpaired) electrons. The summed E-state index contributed by atoms with van der Waals surface area (Å²) >= 11 is 0. The van der Waals surface area contributed by atoms with Gasteiger partial charge in [-0.1, -0.05) is 60.7 Å². The summed E-state index contributed by atoms with van der Waals surface area (Å²) in [5.74, 6) is 1.50. The van der Waals surface area contributed by atoms with Crippen LogP contribution in [0.1, 0.15) is 29.5 Å². The van der Waals surface area contributed by atoms with E-state index in [0.29, 0.717) is 18.9 Å². The lowest BCUT2D eigenvalue weighted by Crippen LogP contribution is -2.24. The fraction of sp³-hybridized carbons (Fsp3) is 0.269. The second-order valence-electron chi connectivity index (χ2n) is 7.77. The van der Waals surface area contributed by atoms with Crippen molar-refractivity contribution in [3.63, 3.8) is 0 Å². The normalized spacial score (nSPS) is 15.4. The molecule has 3 nitrogen and oxygen atoms in total. The Kier molecular flexibility index (Phi) is 5.95. The summed E-state index contributed by atoms with van der Waals surface area (Å²) in [5.41, 5.74) is 6.31. The van der Waals surface area contributed by atoms with Crippen LogP contribution in [0, 0.1) is 5.92 Å². The first-order valence-electron chi connectivity index (χ1n) is 10.3. The number of nitrogens with one attached hydrogen (secondary N) is 1. The maximum atomic E-state index is 11.6. The molecule has 29 heavy (non-hydrogen) atoms. The Balaban J connectivity index is 1.36. The molecule has 4 rings (SSSR count). The summed E-state index contributed by atoms with van der Waals surface area (Å²) in [6.07, 6.45) is 3.67. The molecule has 0 aliphatic heterocycles. The Morgan fingerprint density at radius 3 is 2.48 bits per heavy atom. The third-order valence-corrected chi connectivity index (χ3v) is 5.73. The first-order chi connectivity index (χ1) is 14.2. The molecular weight excluding hydrogens is 358 g/mol. The van der Waals surface area contributed by atoms with Crippen LogP contribution in [-0.2, 0) is 24.2 Å². The maximum absolute atomic E-state index is 11.6. The number of hydrogen-bond donors (Lipinski definition) is 1. The van der Waals surface area contributed by atoms with E-state index in [2.05, 4.69) is 72.0 Å². The Morgan fingerprint density at radius 2 is 1.72 bits per heavy atom. The lowest BCUT2D eigenvalue weighted by molar-refractivity contribution is -0.121. The molecule has 0 saturated heterocycles. The van der Waals surface area contributed by atoms with Gasteiger partial charge in [-0.15, -0.1) is 0 Å². The third kappa shape index (κ3) is 4.86. The zero-order valence-corrected chi connectivity index (χ0v) is 16.9. The van der Waals surface area contributed by atoms with Gasteiger partial charge in [0.2, 0.25) is 5.91 Å². The van der Waals surface area contributed by atoms with Gasteiger partial charge in [-0.25, -0.2) is 0 Å². The van der Waals surface area contributed by atoms with Gasteiger partial charge in [0, 0.05) is 13.5 Å². The summed E-state index contributed by atoms with van der Waals surface area (Å²) < 4.78 is 6.05. The number of carbonyl (C=O) groups excluding carboxylic acids is 1. The fourth-order valence-corrected chi connectivity index (χ4v) is 4.03. The minimum atomic E-state index is 0.136. The molecule has 0 heterocycles.